The van der Waals surface area contributed by atoms with Gasteiger partial charge in [0.1, 0.15) is 0 Å². The van der Waals surface area contributed by atoms with Gasteiger partial charge >= 0.3 is 5.97 Å². The zero-order chi connectivity index (χ0) is 18.6. The Morgan fingerprint density at radius 1 is 0.964 bits per heavy atom. The van der Waals surface area contributed by atoms with E-state index in [4.69, 9.17) is 5.11 Å². The Morgan fingerprint density at radius 3 is 2.39 bits per heavy atom. The maximum absolute atomic E-state index is 10.1. The van der Waals surface area contributed by atoms with Crippen molar-refractivity contribution in [2.75, 3.05) is 0 Å². The Labute approximate surface area is 173 Å². The molecule has 0 saturated heterocycles. The molecule has 3 heterocycles. The van der Waals surface area contributed by atoms with Crippen LogP contribution >= 0.6 is 0 Å². The minimum absolute atomic E-state index is 0. The summed E-state index contributed by atoms with van der Waals surface area (Å²) in [6.07, 6.45) is 7.76. The standard InChI is InChI=1S/C15H10N3.C5H4N2O2.Ir/c1-2-6-12(7-3-1)18-14-9-5-4-8-13(14)17-11-10-16-15(17)18;8-5(9)4-3-6-1-2-7-4;/h1-6,8-11H;1-3H,(H,8,9);/q-1;;. The van der Waals surface area contributed by atoms with Crippen LogP contribution in [0.15, 0.2) is 79.5 Å². The first-order valence-electron chi connectivity index (χ1n) is 8.14. The number of nitrogens with zero attached hydrogens (tertiary/aromatic N) is 5. The van der Waals surface area contributed by atoms with Gasteiger partial charge in [-0.05, 0) is 12.1 Å². The fraction of sp³-hybridized carbons (Fsp3) is 0. The average Bonchev–Trinajstić information content (AvgIpc) is 3.30. The fourth-order valence-electron chi connectivity index (χ4n) is 2.78. The summed E-state index contributed by atoms with van der Waals surface area (Å²) in [6.45, 7) is 0. The molecule has 141 valence electrons. The SMILES string of the molecule is O=C(O)c1cnccn1.[Ir].[c-]1ccccc1-n1c2ccccc2n2ccnc12. The van der Waals surface area contributed by atoms with Crippen LogP contribution in [0.5, 0.6) is 0 Å². The molecule has 2 aromatic carbocycles. The Balaban J connectivity index is 0.000000193. The number of imidazole rings is 2. The number of carbonyl (C=O) groups is 1. The smallest absolute Gasteiger partial charge is 0.356 e. The summed E-state index contributed by atoms with van der Waals surface area (Å²) >= 11 is 0. The molecule has 5 aromatic rings. The van der Waals surface area contributed by atoms with Crippen molar-refractivity contribution < 1.29 is 30.0 Å². The summed E-state index contributed by atoms with van der Waals surface area (Å²) in [7, 11) is 0. The third-order valence-electron chi connectivity index (χ3n) is 3.92. The van der Waals surface area contributed by atoms with Crippen molar-refractivity contribution in [3.8, 4) is 5.69 Å². The van der Waals surface area contributed by atoms with Crippen LogP contribution in [0.2, 0.25) is 0 Å². The van der Waals surface area contributed by atoms with Crippen molar-refractivity contribution in [1.82, 2.24) is 23.9 Å². The first kappa shape index (κ1) is 19.4. The molecule has 0 aliphatic heterocycles. The average molecular weight is 549 g/mol. The Bertz CT molecular complexity index is 1200. The summed E-state index contributed by atoms with van der Waals surface area (Å²) in [6, 6.07) is 19.5. The molecule has 0 unspecified atom stereocenters. The second-order valence-corrected chi connectivity index (χ2v) is 5.56. The van der Waals surface area contributed by atoms with E-state index in [2.05, 4.69) is 42.1 Å². The number of rotatable bonds is 2. The third kappa shape index (κ3) is 3.69. The number of carboxylic acid groups (broad SMARTS) is 1. The van der Waals surface area contributed by atoms with E-state index in [1.54, 1.807) is 0 Å². The molecule has 0 amide bonds. The molecule has 0 atom stereocenters. The second kappa shape index (κ2) is 8.56. The number of hydrogen-bond acceptors (Lipinski definition) is 4. The molecule has 3 aromatic heterocycles. The first-order valence-corrected chi connectivity index (χ1v) is 8.14. The minimum atomic E-state index is -1.05. The molecule has 0 aliphatic carbocycles. The maximum Gasteiger partial charge on any atom is 0.356 e. The predicted molar refractivity (Wildman–Crippen MR) is 99.9 cm³/mol. The van der Waals surface area contributed by atoms with Crippen molar-refractivity contribution in [1.29, 1.82) is 0 Å². The van der Waals surface area contributed by atoms with Gasteiger partial charge in [0.15, 0.2) is 5.69 Å². The molecule has 1 N–H and O–H groups in total. The van der Waals surface area contributed by atoms with Gasteiger partial charge in [0.25, 0.3) is 0 Å². The monoisotopic (exact) mass is 549 g/mol. The molecule has 7 nitrogen and oxygen atoms in total. The number of aromatic nitrogens is 5. The van der Waals surface area contributed by atoms with E-state index in [1.165, 1.54) is 18.6 Å². The summed E-state index contributed by atoms with van der Waals surface area (Å²) < 4.78 is 4.21. The van der Waals surface area contributed by atoms with Gasteiger partial charge in [0.2, 0.25) is 5.78 Å². The van der Waals surface area contributed by atoms with Crippen molar-refractivity contribution in [2.45, 2.75) is 0 Å². The van der Waals surface area contributed by atoms with Gasteiger partial charge in [-0.25, -0.2) is 14.8 Å². The van der Waals surface area contributed by atoms with E-state index < -0.39 is 5.97 Å². The van der Waals surface area contributed by atoms with Gasteiger partial charge in [-0.3, -0.25) is 9.38 Å². The zero-order valence-electron chi connectivity index (χ0n) is 14.4. The van der Waals surface area contributed by atoms with Crippen LogP contribution in [0.1, 0.15) is 10.5 Å². The van der Waals surface area contributed by atoms with E-state index in [0.717, 1.165) is 22.5 Å². The summed E-state index contributed by atoms with van der Waals surface area (Å²) in [4.78, 5) is 21.6. The molecule has 0 fully saturated rings. The molecule has 1 radical (unpaired) electrons. The zero-order valence-corrected chi connectivity index (χ0v) is 16.8. The van der Waals surface area contributed by atoms with Gasteiger partial charge in [-0.1, -0.05) is 17.8 Å². The number of para-hydroxylation sites is 3. The Hall–Kier alpha value is -3.35. The van der Waals surface area contributed by atoms with E-state index in [1.807, 2.05) is 48.8 Å². The van der Waals surface area contributed by atoms with Crippen LogP contribution in [0.3, 0.4) is 0 Å². The van der Waals surface area contributed by atoms with E-state index >= 15 is 0 Å². The number of benzene rings is 2. The van der Waals surface area contributed by atoms with E-state index in [0.29, 0.717) is 0 Å². The predicted octanol–water partition coefficient (Wildman–Crippen LogP) is 3.25. The van der Waals surface area contributed by atoms with Crippen LogP contribution < -0.4 is 0 Å². The third-order valence-corrected chi connectivity index (χ3v) is 3.92. The van der Waals surface area contributed by atoms with Crippen molar-refractivity contribution >= 4 is 22.8 Å². The van der Waals surface area contributed by atoms with Gasteiger partial charge in [0.05, 0.1) is 17.2 Å². The normalized spacial score (nSPS) is 10.1. The minimum Gasteiger partial charge on any atom is -0.476 e. The number of carboxylic acids is 1. The van der Waals surface area contributed by atoms with Crippen LogP contribution in [0, 0.1) is 6.07 Å². The molecule has 0 spiro atoms. The van der Waals surface area contributed by atoms with E-state index in [-0.39, 0.29) is 25.8 Å². The van der Waals surface area contributed by atoms with Crippen molar-refractivity contribution in [3.63, 3.8) is 0 Å². The maximum atomic E-state index is 10.1. The first-order chi connectivity index (χ1) is 13.3. The Morgan fingerprint density at radius 2 is 1.75 bits per heavy atom. The van der Waals surface area contributed by atoms with Gasteiger partial charge < -0.3 is 9.67 Å². The Kier molecular flexibility index (Phi) is 5.93. The molecule has 0 aliphatic rings. The topological polar surface area (TPSA) is 85.3 Å². The molecular weight excluding hydrogens is 534 g/mol. The fourth-order valence-corrected chi connectivity index (χ4v) is 2.78. The quantitative estimate of drug-likeness (QED) is 0.343. The molecule has 5 rings (SSSR count). The van der Waals surface area contributed by atoms with Gasteiger partial charge in [-0.2, -0.15) is 24.3 Å². The van der Waals surface area contributed by atoms with Crippen molar-refractivity contribution in [2.24, 2.45) is 0 Å². The number of aromatic carboxylic acids is 1. The summed E-state index contributed by atoms with van der Waals surface area (Å²) in [5.74, 6) is -0.137. The molecule has 0 saturated carbocycles. The molecule has 8 heteroatoms. The van der Waals surface area contributed by atoms with Crippen LogP contribution in [-0.2, 0) is 20.1 Å². The second-order valence-electron chi connectivity index (χ2n) is 5.56. The molecular formula is C20H14IrN5O2-. The molecule has 28 heavy (non-hydrogen) atoms. The van der Waals surface area contributed by atoms with Gasteiger partial charge in [-0.15, -0.1) is 6.07 Å². The largest absolute Gasteiger partial charge is 0.476 e. The van der Waals surface area contributed by atoms with Crippen molar-refractivity contribution in [3.05, 3.63) is 91.3 Å². The van der Waals surface area contributed by atoms with Crippen LogP contribution in [0.25, 0.3) is 22.5 Å². The number of fused-ring (bicyclic) bond motifs is 3. The van der Waals surface area contributed by atoms with Gasteiger partial charge in [0, 0.05) is 44.9 Å². The number of hydrogen-bond donors (Lipinski definition) is 1. The molecule has 0 bridgehead atoms. The summed E-state index contributed by atoms with van der Waals surface area (Å²) in [5, 5.41) is 8.28. The van der Waals surface area contributed by atoms with Crippen LogP contribution in [-0.4, -0.2) is 35.0 Å². The summed E-state index contributed by atoms with van der Waals surface area (Å²) in [5.41, 5.74) is 3.28. The van der Waals surface area contributed by atoms with E-state index in [9.17, 15) is 4.79 Å². The van der Waals surface area contributed by atoms with Crippen LogP contribution in [0.4, 0.5) is 0 Å².